The second-order valence-corrected chi connectivity index (χ2v) is 3.63. The number of carbonyl (C=O) groups excluding carboxylic acids is 1. The van der Waals surface area contributed by atoms with Crippen molar-refractivity contribution in [1.82, 2.24) is 0 Å². The van der Waals surface area contributed by atoms with E-state index in [2.05, 4.69) is 14.2 Å². The van der Waals surface area contributed by atoms with E-state index in [1.54, 1.807) is 0 Å². The number of carbonyl (C=O) groups is 1. The summed E-state index contributed by atoms with van der Waals surface area (Å²) in [7, 11) is 0. The van der Waals surface area contributed by atoms with Gasteiger partial charge in [-0.3, -0.25) is 0 Å². The molecule has 0 aliphatic carbocycles. The van der Waals surface area contributed by atoms with E-state index < -0.39 is 50.1 Å². The molecule has 1 rings (SSSR count). The Morgan fingerprint density at radius 2 is 1.74 bits per heavy atom. The molecule has 11 heteroatoms. The third kappa shape index (κ3) is 4.40. The Bertz CT molecular complexity index is 340. The van der Waals surface area contributed by atoms with E-state index >= 15 is 0 Å². The van der Waals surface area contributed by atoms with Crippen molar-refractivity contribution >= 4 is 6.16 Å². The number of alkyl halides is 7. The van der Waals surface area contributed by atoms with Crippen molar-refractivity contribution in [3.05, 3.63) is 0 Å². The van der Waals surface area contributed by atoms with Gasteiger partial charge in [0.2, 0.25) is 0 Å². The highest BCUT2D eigenvalue weighted by Crippen LogP contribution is 2.40. The number of hydrogen-bond donors (Lipinski definition) is 0. The van der Waals surface area contributed by atoms with Crippen LogP contribution in [0.2, 0.25) is 0 Å². The molecule has 0 saturated carbocycles. The lowest BCUT2D eigenvalue weighted by Crippen LogP contribution is -2.46. The van der Waals surface area contributed by atoms with Crippen LogP contribution in [0.3, 0.4) is 0 Å². The van der Waals surface area contributed by atoms with Gasteiger partial charge in [0.25, 0.3) is 0 Å². The quantitative estimate of drug-likeness (QED) is 0.578. The van der Waals surface area contributed by atoms with Crippen LogP contribution in [0.5, 0.6) is 0 Å². The second-order valence-electron chi connectivity index (χ2n) is 3.63. The molecule has 0 aromatic rings. The molecule has 0 bridgehead atoms. The zero-order valence-corrected chi connectivity index (χ0v) is 8.98. The Morgan fingerprint density at radius 1 is 1.16 bits per heavy atom. The third-order valence-electron chi connectivity index (χ3n) is 1.98. The maximum absolute atomic E-state index is 13.1. The molecule has 4 nitrogen and oxygen atoms in total. The normalized spacial score (nSPS) is 21.2. The minimum absolute atomic E-state index is 0.691. The molecule has 1 fully saturated rings. The highest BCUT2D eigenvalue weighted by molar-refractivity contribution is 5.61. The summed E-state index contributed by atoms with van der Waals surface area (Å²) in [6, 6.07) is 0. The van der Waals surface area contributed by atoms with Crippen LogP contribution in [0, 0.1) is 0 Å². The van der Waals surface area contributed by atoms with Crippen molar-refractivity contribution < 1.29 is 49.7 Å². The SMILES string of the molecule is O=C1OCC(CC(F)(F)C(F)(F)OCC(F)(F)F)O1. The van der Waals surface area contributed by atoms with Crippen LogP contribution in [0.15, 0.2) is 0 Å². The maximum atomic E-state index is 13.1. The third-order valence-corrected chi connectivity index (χ3v) is 1.98. The fourth-order valence-corrected chi connectivity index (χ4v) is 1.15. The number of halogens is 7. The van der Waals surface area contributed by atoms with Gasteiger partial charge in [-0.1, -0.05) is 0 Å². The summed E-state index contributed by atoms with van der Waals surface area (Å²) < 4.78 is 97.8. The number of ether oxygens (including phenoxy) is 3. The average molecular weight is 300 g/mol. The van der Waals surface area contributed by atoms with E-state index in [0.717, 1.165) is 0 Å². The first-order chi connectivity index (χ1) is 8.43. The van der Waals surface area contributed by atoms with E-state index in [9.17, 15) is 35.5 Å². The van der Waals surface area contributed by atoms with Crippen LogP contribution >= 0.6 is 0 Å². The van der Waals surface area contributed by atoms with Crippen molar-refractivity contribution in [2.75, 3.05) is 13.2 Å². The molecule has 1 unspecified atom stereocenters. The van der Waals surface area contributed by atoms with Crippen LogP contribution in [0.25, 0.3) is 0 Å². The summed E-state index contributed by atoms with van der Waals surface area (Å²) in [5, 5.41) is 0. The summed E-state index contributed by atoms with van der Waals surface area (Å²) in [4.78, 5) is 10.4. The Morgan fingerprint density at radius 3 is 2.16 bits per heavy atom. The van der Waals surface area contributed by atoms with Crippen LogP contribution in [-0.4, -0.2) is 43.7 Å². The van der Waals surface area contributed by atoms with Crippen molar-refractivity contribution in [2.24, 2.45) is 0 Å². The summed E-state index contributed by atoms with van der Waals surface area (Å²) >= 11 is 0. The van der Waals surface area contributed by atoms with E-state index in [0.29, 0.717) is 0 Å². The largest absolute Gasteiger partial charge is 0.508 e. The molecule has 1 atom stereocenters. The van der Waals surface area contributed by atoms with Gasteiger partial charge in [-0.15, -0.1) is 0 Å². The van der Waals surface area contributed by atoms with Crippen LogP contribution < -0.4 is 0 Å². The summed E-state index contributed by atoms with van der Waals surface area (Å²) in [5.41, 5.74) is 0. The van der Waals surface area contributed by atoms with Crippen LogP contribution in [-0.2, 0) is 14.2 Å². The van der Waals surface area contributed by atoms with Crippen molar-refractivity contribution in [3.8, 4) is 0 Å². The Kier molecular flexibility index (Phi) is 4.17. The van der Waals surface area contributed by atoms with E-state index in [-0.39, 0.29) is 0 Å². The standard InChI is InChI=1S/C8H7F7O4/c9-6(10,1-4-2-17-5(16)19-4)8(14,15)18-3-7(11,12)13/h4H,1-3H2. The van der Waals surface area contributed by atoms with Crippen molar-refractivity contribution in [2.45, 2.75) is 30.7 Å². The molecule has 1 saturated heterocycles. The molecule has 0 aromatic carbocycles. The Balaban J connectivity index is 2.60. The van der Waals surface area contributed by atoms with Gasteiger partial charge in [0.1, 0.15) is 19.3 Å². The van der Waals surface area contributed by atoms with Gasteiger partial charge in [-0.25, -0.2) is 4.79 Å². The lowest BCUT2D eigenvalue weighted by atomic mass is 10.1. The van der Waals surface area contributed by atoms with Gasteiger partial charge in [0.05, 0.1) is 6.42 Å². The first-order valence-electron chi connectivity index (χ1n) is 4.73. The summed E-state index contributed by atoms with van der Waals surface area (Å²) in [6.07, 6.45) is -15.2. The highest BCUT2D eigenvalue weighted by Gasteiger charge is 2.60. The smallest absolute Gasteiger partial charge is 0.430 e. The second kappa shape index (κ2) is 5.02. The van der Waals surface area contributed by atoms with E-state index in [4.69, 9.17) is 0 Å². The molecule has 0 aromatic heterocycles. The Hall–Kier alpha value is -1.26. The number of cyclic esters (lactones) is 2. The molecular weight excluding hydrogens is 293 g/mol. The first kappa shape index (κ1) is 15.8. The van der Waals surface area contributed by atoms with Gasteiger partial charge in [-0.05, 0) is 0 Å². The first-order valence-corrected chi connectivity index (χ1v) is 4.73. The molecular formula is C8H7F7O4. The number of rotatable bonds is 5. The fraction of sp³-hybridized carbons (Fsp3) is 0.875. The van der Waals surface area contributed by atoms with Gasteiger partial charge in [-0.2, -0.15) is 30.7 Å². The molecule has 1 heterocycles. The van der Waals surface area contributed by atoms with Crippen molar-refractivity contribution in [3.63, 3.8) is 0 Å². The molecule has 112 valence electrons. The van der Waals surface area contributed by atoms with Gasteiger partial charge in [0.15, 0.2) is 0 Å². The fourth-order valence-electron chi connectivity index (χ4n) is 1.15. The zero-order chi connectivity index (χ0) is 14.9. The molecule has 1 aliphatic rings. The summed E-state index contributed by atoms with van der Waals surface area (Å²) in [6.45, 7) is -3.22. The lowest BCUT2D eigenvalue weighted by Gasteiger charge is -2.27. The van der Waals surface area contributed by atoms with Gasteiger partial charge < -0.3 is 14.2 Å². The predicted octanol–water partition coefficient (Wildman–Crippen LogP) is 2.72. The molecule has 19 heavy (non-hydrogen) atoms. The molecule has 0 amide bonds. The van der Waals surface area contributed by atoms with E-state index in [1.807, 2.05) is 0 Å². The predicted molar refractivity (Wildman–Crippen MR) is 42.7 cm³/mol. The molecule has 0 spiro atoms. The summed E-state index contributed by atoms with van der Waals surface area (Å²) in [5.74, 6) is -4.95. The lowest BCUT2D eigenvalue weighted by molar-refractivity contribution is -0.371. The minimum atomic E-state index is -5.35. The van der Waals surface area contributed by atoms with Crippen LogP contribution in [0.1, 0.15) is 6.42 Å². The highest BCUT2D eigenvalue weighted by atomic mass is 19.4. The molecule has 0 radical (unpaired) electrons. The monoisotopic (exact) mass is 300 g/mol. The molecule has 0 N–H and O–H groups in total. The number of hydrogen-bond acceptors (Lipinski definition) is 4. The van der Waals surface area contributed by atoms with Gasteiger partial charge in [0, 0.05) is 0 Å². The average Bonchev–Trinajstić information content (AvgIpc) is 2.59. The molecule has 1 aliphatic heterocycles. The Labute approximate surface area is 101 Å². The van der Waals surface area contributed by atoms with Gasteiger partial charge >= 0.3 is 24.4 Å². The van der Waals surface area contributed by atoms with E-state index in [1.165, 1.54) is 0 Å². The van der Waals surface area contributed by atoms with Crippen molar-refractivity contribution in [1.29, 1.82) is 0 Å². The topological polar surface area (TPSA) is 44.8 Å². The maximum Gasteiger partial charge on any atom is 0.508 e. The minimum Gasteiger partial charge on any atom is -0.430 e. The van der Waals surface area contributed by atoms with Crippen LogP contribution in [0.4, 0.5) is 35.5 Å². The zero-order valence-electron chi connectivity index (χ0n) is 8.98.